The molecule has 5 nitrogen and oxygen atoms in total. The summed E-state index contributed by atoms with van der Waals surface area (Å²) in [5, 5.41) is 15.1. The third kappa shape index (κ3) is 7.25. The summed E-state index contributed by atoms with van der Waals surface area (Å²) in [6.45, 7) is 5.92. The van der Waals surface area contributed by atoms with Gasteiger partial charge in [0.05, 0.1) is 12.6 Å². The third-order valence-corrected chi connectivity index (χ3v) is 4.20. The van der Waals surface area contributed by atoms with Crippen molar-refractivity contribution in [1.82, 2.24) is 10.6 Å². The Morgan fingerprint density at radius 2 is 1.73 bits per heavy atom. The van der Waals surface area contributed by atoms with E-state index in [-0.39, 0.29) is 42.8 Å². The molecule has 3 N–H and O–H groups in total. The van der Waals surface area contributed by atoms with Gasteiger partial charge in [0.25, 0.3) is 0 Å². The SMILES string of the molecule is CC(C)CC(CO)NC(=O)CC(C)NC(=O)C1CCCCC1. The molecule has 1 aliphatic rings. The number of aliphatic hydroxyl groups is 1. The van der Waals surface area contributed by atoms with E-state index in [9.17, 15) is 14.7 Å². The van der Waals surface area contributed by atoms with E-state index in [0.717, 1.165) is 32.1 Å². The maximum absolute atomic E-state index is 12.1. The normalized spacial score (nSPS) is 18.8. The van der Waals surface area contributed by atoms with Crippen molar-refractivity contribution < 1.29 is 14.7 Å². The summed E-state index contributed by atoms with van der Waals surface area (Å²) >= 11 is 0. The van der Waals surface area contributed by atoms with Crippen LogP contribution < -0.4 is 10.6 Å². The zero-order valence-electron chi connectivity index (χ0n) is 14.2. The van der Waals surface area contributed by atoms with Gasteiger partial charge in [-0.05, 0) is 32.1 Å². The Balaban J connectivity index is 2.31. The van der Waals surface area contributed by atoms with Crippen LogP contribution in [-0.2, 0) is 9.59 Å². The summed E-state index contributed by atoms with van der Waals surface area (Å²) in [6.07, 6.45) is 6.41. The van der Waals surface area contributed by atoms with Crippen molar-refractivity contribution in [2.24, 2.45) is 11.8 Å². The van der Waals surface area contributed by atoms with E-state index < -0.39 is 0 Å². The lowest BCUT2D eigenvalue weighted by molar-refractivity contribution is -0.127. The number of amides is 2. The standard InChI is InChI=1S/C17H32N2O3/c1-12(2)9-15(11-20)19-16(21)10-13(3)18-17(22)14-7-5-4-6-8-14/h12-15,20H,4-11H2,1-3H3,(H,18,22)(H,19,21). The summed E-state index contributed by atoms with van der Waals surface area (Å²) < 4.78 is 0. The first-order chi connectivity index (χ1) is 10.4. The van der Waals surface area contributed by atoms with Gasteiger partial charge in [0.15, 0.2) is 0 Å². The predicted molar refractivity (Wildman–Crippen MR) is 87.3 cm³/mol. The fraction of sp³-hybridized carbons (Fsp3) is 0.882. The van der Waals surface area contributed by atoms with E-state index >= 15 is 0 Å². The minimum atomic E-state index is -0.200. The maximum atomic E-state index is 12.1. The molecule has 2 amide bonds. The quantitative estimate of drug-likeness (QED) is 0.641. The lowest BCUT2D eigenvalue weighted by atomic mass is 9.88. The van der Waals surface area contributed by atoms with Crippen LogP contribution in [0.15, 0.2) is 0 Å². The molecule has 5 heteroatoms. The van der Waals surface area contributed by atoms with E-state index in [4.69, 9.17) is 0 Å². The van der Waals surface area contributed by atoms with Crippen LogP contribution in [0.2, 0.25) is 0 Å². The lowest BCUT2D eigenvalue weighted by Crippen LogP contribution is -2.44. The van der Waals surface area contributed by atoms with Gasteiger partial charge in [-0.1, -0.05) is 33.1 Å². The number of hydrogen-bond donors (Lipinski definition) is 3. The Morgan fingerprint density at radius 1 is 1.09 bits per heavy atom. The highest BCUT2D eigenvalue weighted by Crippen LogP contribution is 2.23. The molecule has 0 aromatic rings. The largest absolute Gasteiger partial charge is 0.394 e. The molecular weight excluding hydrogens is 280 g/mol. The van der Waals surface area contributed by atoms with Gasteiger partial charge in [-0.15, -0.1) is 0 Å². The molecule has 1 aliphatic carbocycles. The first-order valence-electron chi connectivity index (χ1n) is 8.63. The molecule has 0 saturated heterocycles. The highest BCUT2D eigenvalue weighted by atomic mass is 16.3. The third-order valence-electron chi connectivity index (χ3n) is 4.20. The molecule has 0 bridgehead atoms. The smallest absolute Gasteiger partial charge is 0.223 e. The van der Waals surface area contributed by atoms with E-state index in [0.29, 0.717) is 5.92 Å². The molecule has 2 atom stereocenters. The van der Waals surface area contributed by atoms with Gasteiger partial charge in [-0.2, -0.15) is 0 Å². The van der Waals surface area contributed by atoms with Crippen LogP contribution in [-0.4, -0.2) is 35.6 Å². The van der Waals surface area contributed by atoms with Gasteiger partial charge in [-0.25, -0.2) is 0 Å². The highest BCUT2D eigenvalue weighted by Gasteiger charge is 2.23. The number of hydrogen-bond acceptors (Lipinski definition) is 3. The summed E-state index contributed by atoms with van der Waals surface area (Å²) in [4.78, 5) is 24.1. The first-order valence-corrected chi connectivity index (χ1v) is 8.63. The summed E-state index contributed by atoms with van der Waals surface area (Å²) in [5.41, 5.74) is 0. The molecule has 1 fully saturated rings. The molecule has 0 aliphatic heterocycles. The van der Waals surface area contributed by atoms with Crippen molar-refractivity contribution in [3.8, 4) is 0 Å². The van der Waals surface area contributed by atoms with E-state index in [2.05, 4.69) is 24.5 Å². The van der Waals surface area contributed by atoms with Crippen LogP contribution >= 0.6 is 0 Å². The van der Waals surface area contributed by atoms with Crippen molar-refractivity contribution in [2.75, 3.05) is 6.61 Å². The van der Waals surface area contributed by atoms with Crippen molar-refractivity contribution in [1.29, 1.82) is 0 Å². The van der Waals surface area contributed by atoms with Crippen molar-refractivity contribution in [3.05, 3.63) is 0 Å². The fourth-order valence-corrected chi connectivity index (χ4v) is 3.09. The number of carbonyl (C=O) groups is 2. The van der Waals surface area contributed by atoms with Gasteiger partial charge in [0.2, 0.25) is 11.8 Å². The molecule has 2 unspecified atom stereocenters. The van der Waals surface area contributed by atoms with Crippen molar-refractivity contribution >= 4 is 11.8 Å². The van der Waals surface area contributed by atoms with E-state index in [1.54, 1.807) is 0 Å². The molecule has 1 rings (SSSR count). The number of carbonyl (C=O) groups excluding carboxylic acids is 2. The Bertz CT molecular complexity index is 352. The Labute approximate surface area is 134 Å². The molecule has 128 valence electrons. The summed E-state index contributed by atoms with van der Waals surface area (Å²) in [7, 11) is 0. The maximum Gasteiger partial charge on any atom is 0.223 e. The van der Waals surface area contributed by atoms with E-state index in [1.165, 1.54) is 6.42 Å². The Kier molecular flexibility index (Phi) is 8.46. The Hall–Kier alpha value is -1.10. The second kappa shape index (κ2) is 9.82. The molecule has 0 heterocycles. The molecular formula is C17H32N2O3. The topological polar surface area (TPSA) is 78.4 Å². The second-order valence-electron chi connectivity index (χ2n) is 7.03. The summed E-state index contributed by atoms with van der Waals surface area (Å²) in [6, 6.07) is -0.374. The van der Waals surface area contributed by atoms with Gasteiger partial charge in [0.1, 0.15) is 0 Å². The summed E-state index contributed by atoms with van der Waals surface area (Å²) in [5.74, 6) is 0.503. The molecule has 0 radical (unpaired) electrons. The molecule has 0 aromatic carbocycles. The number of aliphatic hydroxyl groups excluding tert-OH is 1. The van der Waals surface area contributed by atoms with Crippen LogP contribution in [0.4, 0.5) is 0 Å². The van der Waals surface area contributed by atoms with Crippen LogP contribution in [0, 0.1) is 11.8 Å². The van der Waals surface area contributed by atoms with Gasteiger partial charge in [0, 0.05) is 18.4 Å². The van der Waals surface area contributed by atoms with E-state index in [1.807, 2.05) is 6.92 Å². The number of rotatable bonds is 8. The zero-order chi connectivity index (χ0) is 16.5. The van der Waals surface area contributed by atoms with Crippen molar-refractivity contribution in [3.63, 3.8) is 0 Å². The lowest BCUT2D eigenvalue weighted by Gasteiger charge is -2.24. The van der Waals surface area contributed by atoms with Crippen LogP contribution in [0.5, 0.6) is 0 Å². The molecule has 22 heavy (non-hydrogen) atoms. The van der Waals surface area contributed by atoms with Crippen LogP contribution in [0.3, 0.4) is 0 Å². The first kappa shape index (κ1) is 18.9. The minimum absolute atomic E-state index is 0.0489. The van der Waals surface area contributed by atoms with Crippen LogP contribution in [0.1, 0.15) is 65.7 Å². The molecule has 0 aromatic heterocycles. The van der Waals surface area contributed by atoms with Crippen LogP contribution in [0.25, 0.3) is 0 Å². The zero-order valence-corrected chi connectivity index (χ0v) is 14.2. The predicted octanol–water partition coefficient (Wildman–Crippen LogP) is 1.98. The fourth-order valence-electron chi connectivity index (χ4n) is 3.09. The minimum Gasteiger partial charge on any atom is -0.394 e. The molecule has 0 spiro atoms. The average Bonchev–Trinajstić information content (AvgIpc) is 2.46. The Morgan fingerprint density at radius 3 is 2.27 bits per heavy atom. The highest BCUT2D eigenvalue weighted by molar-refractivity contribution is 5.81. The monoisotopic (exact) mass is 312 g/mol. The van der Waals surface area contributed by atoms with Gasteiger partial charge < -0.3 is 15.7 Å². The second-order valence-corrected chi connectivity index (χ2v) is 7.03. The number of nitrogens with one attached hydrogen (secondary N) is 2. The van der Waals surface area contributed by atoms with Crippen molar-refractivity contribution in [2.45, 2.75) is 77.8 Å². The molecule has 1 saturated carbocycles. The van der Waals surface area contributed by atoms with Gasteiger partial charge in [-0.3, -0.25) is 9.59 Å². The average molecular weight is 312 g/mol. The van der Waals surface area contributed by atoms with Gasteiger partial charge >= 0.3 is 0 Å².